The molecular weight excluding hydrogens is 395 g/mol. The first-order valence-electron chi connectivity index (χ1n) is 7.28. The summed E-state index contributed by atoms with van der Waals surface area (Å²) in [4.78, 5) is 0. The van der Waals surface area contributed by atoms with Crippen molar-refractivity contribution in [2.24, 2.45) is 0 Å². The Balaban J connectivity index is 0.000000324. The van der Waals surface area contributed by atoms with Crippen LogP contribution < -0.4 is 0 Å². The first-order valence-corrected chi connectivity index (χ1v) is 7.28. The van der Waals surface area contributed by atoms with E-state index in [9.17, 15) is 0 Å². The predicted octanol–water partition coefficient (Wildman–Crippen LogP) is 5.49. The maximum absolute atomic E-state index is 2.23. The van der Waals surface area contributed by atoms with Gasteiger partial charge in [0, 0.05) is 25.8 Å². The Morgan fingerprint density at radius 2 is 0.947 bits per heavy atom. The molecule has 0 aromatic heterocycles. The summed E-state index contributed by atoms with van der Waals surface area (Å²) >= 11 is 0. The normalized spacial score (nSPS) is 9.37. The molecule has 0 spiro atoms. The second kappa shape index (κ2) is 12.6. The van der Waals surface area contributed by atoms with E-state index >= 15 is 0 Å². The molecule has 0 aliphatic heterocycles. The van der Waals surface area contributed by atoms with Gasteiger partial charge >= 0.3 is 0 Å². The van der Waals surface area contributed by atoms with Gasteiger partial charge in [0.1, 0.15) is 0 Å². The average molecular weight is 421 g/mol. The molecule has 19 heavy (non-hydrogen) atoms. The van der Waals surface area contributed by atoms with Crippen molar-refractivity contribution in [3.05, 3.63) is 59.7 Å². The summed E-state index contributed by atoms with van der Waals surface area (Å²) in [5, 5.41) is 0. The summed E-state index contributed by atoms with van der Waals surface area (Å²) < 4.78 is 0. The average Bonchev–Trinajstić information content (AvgIpc) is 3.07. The van der Waals surface area contributed by atoms with Crippen LogP contribution in [-0.2, 0) is 38.7 Å². The van der Waals surface area contributed by atoms with Crippen molar-refractivity contribution in [2.75, 3.05) is 0 Å². The van der Waals surface area contributed by atoms with E-state index in [4.69, 9.17) is 0 Å². The van der Waals surface area contributed by atoms with Gasteiger partial charge in [0.2, 0.25) is 0 Å². The molecule has 0 heterocycles. The Labute approximate surface area is 137 Å². The molecule has 2 rings (SSSR count). The van der Waals surface area contributed by atoms with Crippen LogP contribution in [-0.4, -0.2) is 0 Å². The van der Waals surface area contributed by atoms with Crippen molar-refractivity contribution in [3.8, 4) is 0 Å². The minimum absolute atomic E-state index is 0. The second-order valence-corrected chi connectivity index (χ2v) is 4.79. The van der Waals surface area contributed by atoms with E-state index in [0.29, 0.717) is 0 Å². The van der Waals surface area contributed by atoms with Crippen molar-refractivity contribution in [1.29, 1.82) is 0 Å². The maximum Gasteiger partial charge on any atom is 0 e. The van der Waals surface area contributed by atoms with Crippen LogP contribution in [0.25, 0.3) is 0 Å². The van der Waals surface area contributed by atoms with Gasteiger partial charge < -0.3 is 0 Å². The third kappa shape index (κ3) is 9.15. The van der Waals surface area contributed by atoms with Crippen molar-refractivity contribution in [1.82, 2.24) is 0 Å². The van der Waals surface area contributed by atoms with Gasteiger partial charge in [-0.2, -0.15) is 35.4 Å². The van der Waals surface area contributed by atoms with Crippen molar-refractivity contribution in [3.63, 3.8) is 0 Å². The van der Waals surface area contributed by atoms with Gasteiger partial charge in [0.05, 0.1) is 0 Å². The van der Waals surface area contributed by atoms with Gasteiger partial charge in [-0.25, -0.2) is 24.3 Å². The quantitative estimate of drug-likeness (QED) is 0.428. The molecule has 104 valence electrons. The number of hydrogen-bond acceptors (Lipinski definition) is 0. The van der Waals surface area contributed by atoms with Gasteiger partial charge in [-0.1, -0.05) is 52.4 Å². The zero-order valence-electron chi connectivity index (χ0n) is 12.4. The molecule has 0 N–H and O–H groups in total. The van der Waals surface area contributed by atoms with Gasteiger partial charge in [-0.05, 0) is 0 Å². The molecule has 0 radical (unpaired) electrons. The third-order valence-corrected chi connectivity index (χ3v) is 3.10. The van der Waals surface area contributed by atoms with E-state index in [1.54, 1.807) is 0 Å². The summed E-state index contributed by atoms with van der Waals surface area (Å²) in [7, 11) is 0. The van der Waals surface area contributed by atoms with Crippen LogP contribution in [0, 0.1) is 0 Å². The van der Waals surface area contributed by atoms with Crippen molar-refractivity contribution >= 4 is 0 Å². The molecule has 0 aliphatic rings. The summed E-state index contributed by atoms with van der Waals surface area (Å²) in [6.45, 7) is 4.45. The van der Waals surface area contributed by atoms with Crippen LogP contribution >= 0.6 is 0 Å². The number of unbranched alkanes of at least 4 members (excludes halogenated alkanes) is 2. The van der Waals surface area contributed by atoms with Crippen molar-refractivity contribution in [2.45, 2.75) is 52.4 Å². The Hall–Kier alpha value is -0.430. The van der Waals surface area contributed by atoms with E-state index in [-0.39, 0.29) is 25.8 Å². The molecule has 0 aliphatic carbocycles. The largest absolute Gasteiger partial charge is 0.213 e. The predicted molar refractivity (Wildman–Crippen MR) is 81.3 cm³/mol. The van der Waals surface area contributed by atoms with E-state index in [0.717, 1.165) is 0 Å². The fourth-order valence-electron chi connectivity index (χ4n) is 1.92. The molecular formula is C18H26Hf-2. The molecule has 0 atom stereocenters. The monoisotopic (exact) mass is 422 g/mol. The smallest absolute Gasteiger partial charge is 0 e. The van der Waals surface area contributed by atoms with E-state index in [2.05, 4.69) is 62.4 Å². The van der Waals surface area contributed by atoms with Gasteiger partial charge in [0.25, 0.3) is 0 Å². The fraction of sp³-hybridized carbons (Fsp3) is 0.444. The topological polar surface area (TPSA) is 0 Å². The molecule has 0 saturated carbocycles. The van der Waals surface area contributed by atoms with Crippen LogP contribution in [0.4, 0.5) is 0 Å². The molecule has 0 bridgehead atoms. The molecule has 1 heteroatoms. The van der Waals surface area contributed by atoms with Gasteiger partial charge in [-0.15, -0.1) is 0 Å². The first kappa shape index (κ1) is 18.6. The molecule has 2 aromatic rings. The minimum atomic E-state index is 0. The SMILES string of the molecule is CCCC[c-]1cccc1.CCCC[c-]1cccc1.[Hf]. The van der Waals surface area contributed by atoms with Crippen molar-refractivity contribution < 1.29 is 25.8 Å². The maximum atomic E-state index is 2.23. The van der Waals surface area contributed by atoms with Crippen LogP contribution in [0.3, 0.4) is 0 Å². The van der Waals surface area contributed by atoms with Crippen LogP contribution in [0.15, 0.2) is 48.5 Å². The zero-order chi connectivity index (χ0) is 13.1. The molecule has 0 amide bonds. The Bertz CT molecular complexity index is 318. The van der Waals surface area contributed by atoms with E-state index in [1.807, 2.05) is 0 Å². The molecule has 2 aromatic carbocycles. The standard InChI is InChI=1S/2C9H13.Hf/c2*1-2-3-6-9-7-4-5-8-9;/h2*4-5,7-8H,2-3,6H2,1H3;/q2*-1;. The van der Waals surface area contributed by atoms with Crippen LogP contribution in [0.5, 0.6) is 0 Å². The van der Waals surface area contributed by atoms with E-state index in [1.165, 1.54) is 49.7 Å². The summed E-state index contributed by atoms with van der Waals surface area (Å²) in [6, 6.07) is 17.2. The summed E-state index contributed by atoms with van der Waals surface area (Å²) in [5.74, 6) is 0. The number of rotatable bonds is 6. The molecule has 0 fully saturated rings. The minimum Gasteiger partial charge on any atom is -0.213 e. The van der Waals surface area contributed by atoms with Crippen LogP contribution in [0.1, 0.15) is 50.7 Å². The first-order chi connectivity index (χ1) is 8.86. The third-order valence-electron chi connectivity index (χ3n) is 3.10. The molecule has 0 nitrogen and oxygen atoms in total. The molecule has 0 unspecified atom stereocenters. The van der Waals surface area contributed by atoms with Gasteiger partial charge in [-0.3, -0.25) is 0 Å². The zero-order valence-corrected chi connectivity index (χ0v) is 16.0. The number of hydrogen-bond donors (Lipinski definition) is 0. The summed E-state index contributed by atoms with van der Waals surface area (Å²) in [5.41, 5.74) is 2.97. The Morgan fingerprint density at radius 1 is 0.632 bits per heavy atom. The van der Waals surface area contributed by atoms with Gasteiger partial charge in [0.15, 0.2) is 0 Å². The Kier molecular flexibility index (Phi) is 12.3. The summed E-state index contributed by atoms with van der Waals surface area (Å²) in [6.07, 6.45) is 7.75. The fourth-order valence-corrected chi connectivity index (χ4v) is 1.92. The van der Waals surface area contributed by atoms with Crippen LogP contribution in [0.2, 0.25) is 0 Å². The second-order valence-electron chi connectivity index (χ2n) is 4.79. The number of aryl methyl sites for hydroxylation is 2. The van der Waals surface area contributed by atoms with E-state index < -0.39 is 0 Å². The molecule has 0 saturated heterocycles. The Morgan fingerprint density at radius 3 is 1.21 bits per heavy atom.